The molecule has 0 saturated carbocycles. The Morgan fingerprint density at radius 2 is 1.76 bits per heavy atom. The van der Waals surface area contributed by atoms with Gasteiger partial charge in [0, 0.05) is 5.57 Å². The lowest BCUT2D eigenvalue weighted by Gasteiger charge is -2.14. The first-order valence-electron chi connectivity index (χ1n) is 6.72. The highest BCUT2D eigenvalue weighted by molar-refractivity contribution is 6.36. The van der Waals surface area contributed by atoms with E-state index in [-0.39, 0.29) is 5.70 Å². The second-order valence-electron chi connectivity index (χ2n) is 4.98. The van der Waals surface area contributed by atoms with E-state index in [1.807, 2.05) is 62.4 Å². The molecule has 0 aliphatic heterocycles. The van der Waals surface area contributed by atoms with Crippen LogP contribution in [0.25, 0.3) is 5.57 Å². The molecule has 0 aliphatic rings. The van der Waals surface area contributed by atoms with Gasteiger partial charge in [-0.25, -0.2) is 0 Å². The fraction of sp³-hybridized carbons (Fsp3) is 0.111. The molecule has 3 nitrogen and oxygen atoms in total. The van der Waals surface area contributed by atoms with Gasteiger partial charge in [0.2, 0.25) is 5.78 Å². The zero-order chi connectivity index (χ0) is 15.4. The van der Waals surface area contributed by atoms with Crippen LogP contribution in [-0.4, -0.2) is 12.0 Å². The van der Waals surface area contributed by atoms with Gasteiger partial charge in [0.1, 0.15) is 0 Å². The molecule has 0 radical (unpaired) electrons. The Bertz CT molecular complexity index is 715. The predicted molar refractivity (Wildman–Crippen MR) is 86.4 cm³/mol. The zero-order valence-corrected chi connectivity index (χ0v) is 12.2. The molecule has 0 unspecified atom stereocenters. The number of rotatable bonds is 4. The molecule has 3 heteroatoms. The Kier molecular flexibility index (Phi) is 4.33. The van der Waals surface area contributed by atoms with E-state index in [0.29, 0.717) is 5.57 Å². The fourth-order valence-electron chi connectivity index (χ4n) is 2.27. The molecule has 0 fully saturated rings. The van der Waals surface area contributed by atoms with Crippen molar-refractivity contribution in [2.75, 3.05) is 0 Å². The molecule has 2 rings (SSSR count). The summed E-state index contributed by atoms with van der Waals surface area (Å²) < 4.78 is 0. The maximum atomic E-state index is 11.9. The quantitative estimate of drug-likeness (QED) is 0.666. The van der Waals surface area contributed by atoms with Crippen molar-refractivity contribution in [2.24, 2.45) is 5.73 Å². The van der Waals surface area contributed by atoms with Crippen molar-refractivity contribution in [2.45, 2.75) is 13.8 Å². The van der Waals surface area contributed by atoms with Crippen LogP contribution in [0.2, 0.25) is 0 Å². The third kappa shape index (κ3) is 3.08. The molecule has 0 aromatic heterocycles. The van der Waals surface area contributed by atoms with Gasteiger partial charge in [-0.05, 0) is 30.5 Å². The van der Waals surface area contributed by atoms with Crippen LogP contribution < -0.4 is 5.73 Å². The van der Waals surface area contributed by atoms with Crippen LogP contribution in [0.5, 0.6) is 0 Å². The zero-order valence-electron chi connectivity index (χ0n) is 12.2. The number of aryl methyl sites for hydroxylation is 2. The van der Waals surface area contributed by atoms with Gasteiger partial charge in [-0.1, -0.05) is 54.1 Å². The van der Waals surface area contributed by atoms with Crippen molar-refractivity contribution in [3.63, 3.8) is 0 Å². The molecule has 0 aliphatic carbocycles. The number of carbonyl (C=O) groups is 1. The molecule has 21 heavy (non-hydrogen) atoms. The molecule has 0 heterocycles. The van der Waals surface area contributed by atoms with Crippen LogP contribution in [0.1, 0.15) is 22.3 Å². The summed E-state index contributed by atoms with van der Waals surface area (Å²) in [4.78, 5) is 11.9. The van der Waals surface area contributed by atoms with Gasteiger partial charge in [0.05, 0.1) is 11.9 Å². The maximum Gasteiger partial charge on any atom is 0.219 e. The van der Waals surface area contributed by atoms with E-state index in [2.05, 4.69) is 0 Å². The molecular formula is C18H18N2O. The summed E-state index contributed by atoms with van der Waals surface area (Å²) in [5.41, 5.74) is 10.8. The van der Waals surface area contributed by atoms with Gasteiger partial charge < -0.3 is 11.1 Å². The Labute approximate surface area is 124 Å². The predicted octanol–water partition coefficient (Wildman–Crippen LogP) is 3.24. The van der Waals surface area contributed by atoms with E-state index < -0.39 is 5.78 Å². The Balaban J connectivity index is 2.76. The molecule has 2 aromatic rings. The number of allylic oxidation sites excluding steroid dienone is 1. The first kappa shape index (κ1) is 14.7. The highest BCUT2D eigenvalue weighted by atomic mass is 16.1. The number of hydrogen-bond acceptors (Lipinski definition) is 3. The third-order valence-corrected chi connectivity index (χ3v) is 3.39. The summed E-state index contributed by atoms with van der Waals surface area (Å²) in [6.45, 7) is 3.99. The second-order valence-corrected chi connectivity index (χ2v) is 4.98. The topological polar surface area (TPSA) is 66.9 Å². The lowest BCUT2D eigenvalue weighted by Crippen LogP contribution is -2.15. The number of nitrogens with one attached hydrogen (secondary N) is 1. The van der Waals surface area contributed by atoms with E-state index in [9.17, 15) is 4.79 Å². The van der Waals surface area contributed by atoms with Crippen LogP contribution in [0.3, 0.4) is 0 Å². The maximum absolute atomic E-state index is 11.9. The highest BCUT2D eigenvalue weighted by Gasteiger charge is 2.16. The minimum atomic E-state index is -0.477. The number of Topliss-reactive ketones (excluding diaryl/α,β-unsaturated/α-hetero) is 1. The molecular weight excluding hydrogens is 260 g/mol. The van der Waals surface area contributed by atoms with Gasteiger partial charge in [-0.3, -0.25) is 4.79 Å². The summed E-state index contributed by atoms with van der Waals surface area (Å²) >= 11 is 0. The molecule has 2 aromatic carbocycles. The normalized spacial score (nSPS) is 11.7. The molecule has 0 amide bonds. The van der Waals surface area contributed by atoms with Crippen molar-refractivity contribution in [1.82, 2.24) is 0 Å². The van der Waals surface area contributed by atoms with Crippen molar-refractivity contribution in [3.05, 3.63) is 76.5 Å². The van der Waals surface area contributed by atoms with Crippen molar-refractivity contribution in [3.8, 4) is 0 Å². The Morgan fingerprint density at radius 3 is 2.38 bits per heavy atom. The SMILES string of the molecule is Cc1ccc(C)c(/C(=C(/N)C(=O)C=N)c2ccccc2)c1. The number of benzene rings is 2. The molecule has 0 bridgehead atoms. The van der Waals surface area contributed by atoms with Gasteiger partial charge in [-0.15, -0.1) is 0 Å². The highest BCUT2D eigenvalue weighted by Crippen LogP contribution is 2.28. The monoisotopic (exact) mass is 278 g/mol. The van der Waals surface area contributed by atoms with Crippen LogP contribution >= 0.6 is 0 Å². The molecule has 0 saturated heterocycles. The summed E-state index contributed by atoms with van der Waals surface area (Å²) in [7, 11) is 0. The van der Waals surface area contributed by atoms with Gasteiger partial charge >= 0.3 is 0 Å². The first-order chi connectivity index (χ1) is 10.0. The number of carbonyl (C=O) groups excluding carboxylic acids is 1. The van der Waals surface area contributed by atoms with Crippen molar-refractivity contribution in [1.29, 1.82) is 5.41 Å². The fourth-order valence-corrected chi connectivity index (χ4v) is 2.27. The lowest BCUT2D eigenvalue weighted by molar-refractivity contribution is -0.109. The molecule has 0 atom stereocenters. The summed E-state index contributed by atoms with van der Waals surface area (Å²) in [6, 6.07) is 15.6. The van der Waals surface area contributed by atoms with Crippen LogP contribution in [0, 0.1) is 19.3 Å². The largest absolute Gasteiger partial charge is 0.395 e. The van der Waals surface area contributed by atoms with E-state index in [4.69, 9.17) is 11.1 Å². The molecule has 3 N–H and O–H groups in total. The standard InChI is InChI=1S/C18H18N2O/c1-12-8-9-13(2)15(10-12)17(18(20)16(21)11-19)14-6-4-3-5-7-14/h3-11,19H,20H2,1-2H3/b18-17+,19-11?. The Hall–Kier alpha value is -2.68. The van der Waals surface area contributed by atoms with Crippen LogP contribution in [0.15, 0.2) is 54.2 Å². The third-order valence-electron chi connectivity index (χ3n) is 3.39. The lowest BCUT2D eigenvalue weighted by atomic mass is 9.91. The summed E-state index contributed by atoms with van der Waals surface area (Å²) in [5, 5.41) is 7.16. The average Bonchev–Trinajstić information content (AvgIpc) is 2.51. The van der Waals surface area contributed by atoms with E-state index in [1.54, 1.807) is 0 Å². The van der Waals surface area contributed by atoms with Crippen LogP contribution in [-0.2, 0) is 4.79 Å². The average molecular weight is 278 g/mol. The van der Waals surface area contributed by atoms with Crippen molar-refractivity contribution >= 4 is 17.6 Å². The number of nitrogens with two attached hydrogens (primary N) is 1. The van der Waals surface area contributed by atoms with Gasteiger partial charge in [0.25, 0.3) is 0 Å². The van der Waals surface area contributed by atoms with E-state index in [0.717, 1.165) is 28.5 Å². The van der Waals surface area contributed by atoms with E-state index in [1.165, 1.54) is 0 Å². The van der Waals surface area contributed by atoms with Crippen LogP contribution in [0.4, 0.5) is 0 Å². The Morgan fingerprint density at radius 1 is 1.10 bits per heavy atom. The number of hydrogen-bond donors (Lipinski definition) is 2. The minimum absolute atomic E-state index is 0.102. The summed E-state index contributed by atoms with van der Waals surface area (Å²) in [6.07, 6.45) is 0.753. The van der Waals surface area contributed by atoms with Crippen molar-refractivity contribution < 1.29 is 4.79 Å². The molecule has 0 spiro atoms. The first-order valence-corrected chi connectivity index (χ1v) is 6.72. The second kappa shape index (κ2) is 6.18. The molecule has 106 valence electrons. The number of ketones is 1. The van der Waals surface area contributed by atoms with E-state index >= 15 is 0 Å². The van der Waals surface area contributed by atoms with Gasteiger partial charge in [0.15, 0.2) is 0 Å². The van der Waals surface area contributed by atoms with Gasteiger partial charge in [-0.2, -0.15) is 0 Å². The summed E-state index contributed by atoms with van der Waals surface area (Å²) in [5.74, 6) is -0.477. The minimum Gasteiger partial charge on any atom is -0.395 e. The smallest absolute Gasteiger partial charge is 0.219 e.